The molecule has 0 aliphatic carbocycles. The minimum absolute atomic E-state index is 0.0280. The van der Waals surface area contributed by atoms with Crippen LogP contribution in [0.25, 0.3) is 0 Å². The fraction of sp³-hybridized carbons (Fsp3) is 0.111. The van der Waals surface area contributed by atoms with Crippen LogP contribution in [-0.4, -0.2) is 17.3 Å². The Morgan fingerprint density at radius 3 is 2.69 bits per heavy atom. The predicted octanol–water partition coefficient (Wildman–Crippen LogP) is 2.10. The maximum Gasteiger partial charge on any atom is 0.416 e. The summed E-state index contributed by atoms with van der Waals surface area (Å²) in [7, 11) is 0. The smallest absolute Gasteiger partial charge is 0.411 e. The van der Waals surface area contributed by atoms with Gasteiger partial charge in [0.2, 0.25) is 0 Å². The SMILES string of the molecule is O=C(/C=N/O)Nc1cccc(C(F)(F)F)c1. The van der Waals surface area contributed by atoms with Crippen molar-refractivity contribution in [3.05, 3.63) is 29.8 Å². The van der Waals surface area contributed by atoms with Gasteiger partial charge in [-0.2, -0.15) is 13.2 Å². The standard InChI is InChI=1S/C9H7F3N2O2/c10-9(11,12)6-2-1-3-7(4-6)14-8(15)5-13-16/h1-5,16H,(H,14,15)/b13-5+. The number of halogens is 3. The third-order valence-electron chi connectivity index (χ3n) is 1.63. The molecule has 0 spiro atoms. The highest BCUT2D eigenvalue weighted by Crippen LogP contribution is 2.30. The van der Waals surface area contributed by atoms with E-state index in [-0.39, 0.29) is 5.69 Å². The molecule has 0 saturated carbocycles. The number of hydrogen-bond donors (Lipinski definition) is 2. The van der Waals surface area contributed by atoms with Crippen molar-refractivity contribution in [2.75, 3.05) is 5.32 Å². The van der Waals surface area contributed by atoms with E-state index in [1.165, 1.54) is 6.07 Å². The summed E-state index contributed by atoms with van der Waals surface area (Å²) < 4.78 is 36.8. The highest BCUT2D eigenvalue weighted by atomic mass is 19.4. The molecule has 1 aromatic rings. The first-order valence-electron chi connectivity index (χ1n) is 4.09. The molecular weight excluding hydrogens is 225 g/mol. The van der Waals surface area contributed by atoms with Gasteiger partial charge in [-0.05, 0) is 18.2 Å². The molecule has 1 rings (SSSR count). The van der Waals surface area contributed by atoms with Gasteiger partial charge >= 0.3 is 6.18 Å². The monoisotopic (exact) mass is 232 g/mol. The van der Waals surface area contributed by atoms with Gasteiger partial charge in [-0.1, -0.05) is 11.2 Å². The Labute approximate surface area is 88.4 Å². The Balaban J connectivity index is 2.87. The van der Waals surface area contributed by atoms with Crippen molar-refractivity contribution in [2.45, 2.75) is 6.18 Å². The van der Waals surface area contributed by atoms with Gasteiger partial charge in [0.15, 0.2) is 0 Å². The summed E-state index contributed by atoms with van der Waals surface area (Å²) >= 11 is 0. The topological polar surface area (TPSA) is 61.7 Å². The molecule has 86 valence electrons. The summed E-state index contributed by atoms with van der Waals surface area (Å²) in [5.41, 5.74) is -0.897. The Morgan fingerprint density at radius 1 is 1.44 bits per heavy atom. The minimum Gasteiger partial charge on any atom is -0.411 e. The van der Waals surface area contributed by atoms with Crippen molar-refractivity contribution in [3.8, 4) is 0 Å². The number of alkyl halides is 3. The van der Waals surface area contributed by atoms with E-state index < -0.39 is 17.6 Å². The number of nitrogens with zero attached hydrogens (tertiary/aromatic N) is 1. The van der Waals surface area contributed by atoms with E-state index in [9.17, 15) is 18.0 Å². The van der Waals surface area contributed by atoms with Crippen LogP contribution in [0.2, 0.25) is 0 Å². The third-order valence-corrected chi connectivity index (χ3v) is 1.63. The summed E-state index contributed by atoms with van der Waals surface area (Å²) in [6, 6.07) is 4.12. The van der Waals surface area contributed by atoms with Gasteiger partial charge in [-0.15, -0.1) is 0 Å². The molecule has 0 aromatic heterocycles. The number of amides is 1. The number of rotatable bonds is 2. The molecule has 4 nitrogen and oxygen atoms in total. The average molecular weight is 232 g/mol. The van der Waals surface area contributed by atoms with Gasteiger partial charge < -0.3 is 10.5 Å². The van der Waals surface area contributed by atoms with Gasteiger partial charge in [-0.3, -0.25) is 4.79 Å². The Morgan fingerprint density at radius 2 is 2.12 bits per heavy atom. The van der Waals surface area contributed by atoms with Crippen LogP contribution in [0.15, 0.2) is 29.4 Å². The summed E-state index contributed by atoms with van der Waals surface area (Å²) in [6.07, 6.45) is -3.92. The lowest BCUT2D eigenvalue weighted by atomic mass is 10.2. The molecule has 1 amide bonds. The molecule has 7 heteroatoms. The maximum atomic E-state index is 12.3. The largest absolute Gasteiger partial charge is 0.416 e. The maximum absolute atomic E-state index is 12.3. The van der Waals surface area contributed by atoms with E-state index in [0.29, 0.717) is 6.21 Å². The zero-order valence-electron chi connectivity index (χ0n) is 7.82. The second-order valence-electron chi connectivity index (χ2n) is 2.81. The number of benzene rings is 1. The number of anilines is 1. The van der Waals surface area contributed by atoms with E-state index in [1.54, 1.807) is 0 Å². The molecule has 0 atom stereocenters. The molecule has 0 unspecified atom stereocenters. The number of carbonyl (C=O) groups excluding carboxylic acids is 1. The summed E-state index contributed by atoms with van der Waals surface area (Å²) in [4.78, 5) is 10.9. The zero-order valence-corrected chi connectivity index (χ0v) is 7.82. The van der Waals surface area contributed by atoms with E-state index in [4.69, 9.17) is 5.21 Å². The quantitative estimate of drug-likeness (QED) is 0.466. The van der Waals surface area contributed by atoms with Crippen molar-refractivity contribution in [2.24, 2.45) is 5.16 Å². The molecule has 16 heavy (non-hydrogen) atoms. The molecular formula is C9H7F3N2O2. The van der Waals surface area contributed by atoms with Crippen LogP contribution in [0, 0.1) is 0 Å². The number of carbonyl (C=O) groups is 1. The first-order chi connectivity index (χ1) is 7.43. The Kier molecular flexibility index (Phi) is 3.49. The molecule has 0 fully saturated rings. The van der Waals surface area contributed by atoms with Crippen LogP contribution in [0.1, 0.15) is 5.56 Å². The van der Waals surface area contributed by atoms with E-state index in [2.05, 4.69) is 10.5 Å². The Hall–Kier alpha value is -2.05. The van der Waals surface area contributed by atoms with Crippen molar-refractivity contribution in [1.82, 2.24) is 0 Å². The van der Waals surface area contributed by atoms with Crippen LogP contribution >= 0.6 is 0 Å². The molecule has 0 saturated heterocycles. The Bertz CT molecular complexity index is 415. The molecule has 0 bridgehead atoms. The highest BCUT2D eigenvalue weighted by molar-refractivity contribution is 6.31. The summed E-state index contributed by atoms with van der Waals surface area (Å²) in [5.74, 6) is -0.818. The molecule has 0 aliphatic heterocycles. The van der Waals surface area contributed by atoms with Crippen LogP contribution in [0.4, 0.5) is 18.9 Å². The van der Waals surface area contributed by atoms with Crippen molar-refractivity contribution < 1.29 is 23.2 Å². The lowest BCUT2D eigenvalue weighted by Crippen LogP contribution is -2.13. The van der Waals surface area contributed by atoms with Crippen molar-refractivity contribution in [1.29, 1.82) is 0 Å². The zero-order chi connectivity index (χ0) is 12.2. The van der Waals surface area contributed by atoms with Gasteiger partial charge in [-0.25, -0.2) is 0 Å². The molecule has 1 aromatic carbocycles. The van der Waals surface area contributed by atoms with Crippen molar-refractivity contribution >= 4 is 17.8 Å². The second-order valence-corrected chi connectivity index (χ2v) is 2.81. The summed E-state index contributed by atoms with van der Waals surface area (Å²) in [5, 5.41) is 12.6. The third kappa shape index (κ3) is 3.26. The second kappa shape index (κ2) is 4.65. The molecule has 0 aliphatic rings. The van der Waals surface area contributed by atoms with Crippen LogP contribution in [-0.2, 0) is 11.0 Å². The lowest BCUT2D eigenvalue weighted by Gasteiger charge is -2.08. The molecule has 0 radical (unpaired) electrons. The van der Waals surface area contributed by atoms with Gasteiger partial charge in [0, 0.05) is 5.69 Å². The fourth-order valence-corrected chi connectivity index (χ4v) is 1.00. The lowest BCUT2D eigenvalue weighted by molar-refractivity contribution is -0.137. The molecule has 0 heterocycles. The minimum atomic E-state index is -4.47. The number of oxime groups is 1. The average Bonchev–Trinajstić information content (AvgIpc) is 2.17. The van der Waals surface area contributed by atoms with E-state index in [0.717, 1.165) is 18.2 Å². The number of hydrogen-bond acceptors (Lipinski definition) is 3. The van der Waals surface area contributed by atoms with Crippen LogP contribution in [0.3, 0.4) is 0 Å². The van der Waals surface area contributed by atoms with Crippen LogP contribution in [0.5, 0.6) is 0 Å². The van der Waals surface area contributed by atoms with Gasteiger partial charge in [0.05, 0.1) is 5.56 Å². The predicted molar refractivity (Wildman–Crippen MR) is 50.4 cm³/mol. The van der Waals surface area contributed by atoms with E-state index >= 15 is 0 Å². The van der Waals surface area contributed by atoms with Gasteiger partial charge in [0.1, 0.15) is 6.21 Å². The van der Waals surface area contributed by atoms with Crippen LogP contribution < -0.4 is 5.32 Å². The highest BCUT2D eigenvalue weighted by Gasteiger charge is 2.30. The van der Waals surface area contributed by atoms with Gasteiger partial charge in [0.25, 0.3) is 5.91 Å². The first-order valence-corrected chi connectivity index (χ1v) is 4.09. The molecule has 2 N–H and O–H groups in total. The van der Waals surface area contributed by atoms with Crippen molar-refractivity contribution in [3.63, 3.8) is 0 Å². The van der Waals surface area contributed by atoms with E-state index in [1.807, 2.05) is 0 Å². The normalized spacial score (nSPS) is 11.7. The fourth-order valence-electron chi connectivity index (χ4n) is 1.00. The summed E-state index contributed by atoms with van der Waals surface area (Å²) in [6.45, 7) is 0. The number of nitrogens with one attached hydrogen (secondary N) is 1. The first kappa shape index (κ1) is 12.0.